The molecule has 1 aliphatic rings. The van der Waals surface area contributed by atoms with Crippen LogP contribution in [-0.2, 0) is 6.54 Å². The van der Waals surface area contributed by atoms with Gasteiger partial charge in [-0.05, 0) is 47.3 Å². The third-order valence-electron chi connectivity index (χ3n) is 3.35. The predicted octanol–water partition coefficient (Wildman–Crippen LogP) is 3.49. The molecule has 2 heterocycles. The zero-order valence-corrected chi connectivity index (χ0v) is 13.3. The number of piperidine rings is 1. The van der Waals surface area contributed by atoms with Crippen LogP contribution in [0.3, 0.4) is 0 Å². The quantitative estimate of drug-likeness (QED) is 0.913. The first kappa shape index (κ1) is 15.4. The van der Waals surface area contributed by atoms with Crippen LogP contribution in [0.4, 0.5) is 0 Å². The van der Waals surface area contributed by atoms with Crippen LogP contribution >= 0.6 is 39.7 Å². The van der Waals surface area contributed by atoms with E-state index >= 15 is 0 Å². The van der Waals surface area contributed by atoms with Crippen molar-refractivity contribution in [3.8, 4) is 0 Å². The Hall–Kier alpha value is 0.390. The van der Waals surface area contributed by atoms with Gasteiger partial charge in [-0.2, -0.15) is 0 Å². The van der Waals surface area contributed by atoms with E-state index < -0.39 is 0 Å². The first-order valence-corrected chi connectivity index (χ1v) is 7.53. The molecule has 1 aromatic rings. The molecular formula is C12H20BrClN2S. The highest BCUT2D eigenvalue weighted by molar-refractivity contribution is 9.10. The molecule has 1 aliphatic heterocycles. The normalized spacial score (nSPS) is 25.6. The Kier molecular flexibility index (Phi) is 6.45. The van der Waals surface area contributed by atoms with Gasteiger partial charge >= 0.3 is 0 Å². The van der Waals surface area contributed by atoms with E-state index in [0.717, 1.165) is 19.0 Å². The number of halogens is 2. The molecule has 0 aliphatic carbocycles. The van der Waals surface area contributed by atoms with Gasteiger partial charge in [-0.15, -0.1) is 23.7 Å². The molecule has 17 heavy (non-hydrogen) atoms. The van der Waals surface area contributed by atoms with Crippen LogP contribution in [0.25, 0.3) is 0 Å². The predicted molar refractivity (Wildman–Crippen MR) is 80.9 cm³/mol. The van der Waals surface area contributed by atoms with Gasteiger partial charge in [0.2, 0.25) is 0 Å². The molecular weight excluding hydrogens is 320 g/mol. The van der Waals surface area contributed by atoms with Crippen LogP contribution in [0.1, 0.15) is 24.6 Å². The molecule has 0 amide bonds. The van der Waals surface area contributed by atoms with Crippen molar-refractivity contribution < 1.29 is 0 Å². The van der Waals surface area contributed by atoms with E-state index in [4.69, 9.17) is 5.73 Å². The highest BCUT2D eigenvalue weighted by atomic mass is 79.9. The Balaban J connectivity index is 0.00000144. The molecule has 2 unspecified atom stereocenters. The van der Waals surface area contributed by atoms with Gasteiger partial charge in [-0.3, -0.25) is 4.90 Å². The molecule has 0 bridgehead atoms. The monoisotopic (exact) mass is 338 g/mol. The fourth-order valence-electron chi connectivity index (χ4n) is 2.39. The fraction of sp³-hybridized carbons (Fsp3) is 0.667. The summed E-state index contributed by atoms with van der Waals surface area (Å²) in [5, 5.41) is 2.15. The lowest BCUT2D eigenvalue weighted by atomic mass is 9.92. The van der Waals surface area contributed by atoms with Crippen LogP contribution < -0.4 is 5.73 Å². The lowest BCUT2D eigenvalue weighted by molar-refractivity contribution is 0.116. The fourth-order valence-corrected chi connectivity index (χ4v) is 3.87. The average Bonchev–Trinajstić information content (AvgIpc) is 2.67. The molecule has 2 nitrogen and oxygen atoms in total. The number of rotatable bonds is 3. The van der Waals surface area contributed by atoms with Crippen molar-refractivity contribution in [2.45, 2.75) is 32.4 Å². The minimum atomic E-state index is 0. The Morgan fingerprint density at radius 2 is 2.35 bits per heavy atom. The van der Waals surface area contributed by atoms with Crippen molar-refractivity contribution in [3.63, 3.8) is 0 Å². The number of hydrogen-bond donors (Lipinski definition) is 1. The van der Waals surface area contributed by atoms with Gasteiger partial charge in [0.25, 0.3) is 0 Å². The smallest absolute Gasteiger partial charge is 0.0331 e. The second-order valence-corrected chi connectivity index (χ2v) is 6.63. The molecule has 0 radical (unpaired) electrons. The second-order valence-electron chi connectivity index (χ2n) is 4.72. The molecule has 98 valence electrons. The summed E-state index contributed by atoms with van der Waals surface area (Å²) in [5.74, 6) is 0.833. The highest BCUT2D eigenvalue weighted by Gasteiger charge is 2.25. The molecule has 1 saturated heterocycles. The second kappa shape index (κ2) is 7.10. The zero-order valence-electron chi connectivity index (χ0n) is 10.1. The summed E-state index contributed by atoms with van der Waals surface area (Å²) >= 11 is 5.33. The lowest BCUT2D eigenvalue weighted by Crippen LogP contribution is -2.45. The van der Waals surface area contributed by atoms with E-state index in [1.54, 1.807) is 0 Å². The lowest BCUT2D eigenvalue weighted by Gasteiger charge is -2.37. The van der Waals surface area contributed by atoms with E-state index in [9.17, 15) is 0 Å². The third-order valence-corrected chi connectivity index (χ3v) is 5.04. The van der Waals surface area contributed by atoms with Gasteiger partial charge in [-0.25, -0.2) is 0 Å². The van der Waals surface area contributed by atoms with Crippen molar-refractivity contribution in [1.82, 2.24) is 4.90 Å². The van der Waals surface area contributed by atoms with E-state index in [1.807, 2.05) is 11.3 Å². The standard InChI is InChI=1S/C12H19BrN2S.ClH/c1-9-2-3-15(11(4-9)6-14)7-12-5-10(13)8-16-12;/h5,8-9,11H,2-4,6-7,14H2,1H3;1H. The van der Waals surface area contributed by atoms with Crippen LogP contribution in [0.15, 0.2) is 15.9 Å². The van der Waals surface area contributed by atoms with Crippen LogP contribution in [0.2, 0.25) is 0 Å². The van der Waals surface area contributed by atoms with Crippen molar-refractivity contribution in [2.75, 3.05) is 13.1 Å². The van der Waals surface area contributed by atoms with Gasteiger partial charge < -0.3 is 5.73 Å². The van der Waals surface area contributed by atoms with Crippen molar-refractivity contribution in [1.29, 1.82) is 0 Å². The summed E-state index contributed by atoms with van der Waals surface area (Å²) < 4.78 is 1.20. The summed E-state index contributed by atoms with van der Waals surface area (Å²) in [6.45, 7) is 5.38. The minimum absolute atomic E-state index is 0. The number of nitrogens with two attached hydrogens (primary N) is 1. The molecule has 1 aromatic heterocycles. The molecule has 2 atom stereocenters. The van der Waals surface area contributed by atoms with Crippen LogP contribution in [-0.4, -0.2) is 24.0 Å². The van der Waals surface area contributed by atoms with E-state index in [1.165, 1.54) is 28.7 Å². The van der Waals surface area contributed by atoms with Gasteiger partial charge in [0.05, 0.1) is 0 Å². The summed E-state index contributed by atoms with van der Waals surface area (Å²) in [7, 11) is 0. The summed E-state index contributed by atoms with van der Waals surface area (Å²) in [6, 6.07) is 2.79. The third kappa shape index (κ3) is 4.21. The Morgan fingerprint density at radius 3 is 2.94 bits per heavy atom. The van der Waals surface area contributed by atoms with E-state index in [2.05, 4.69) is 39.2 Å². The Bertz CT molecular complexity index is 345. The molecule has 0 saturated carbocycles. The zero-order chi connectivity index (χ0) is 11.5. The number of nitrogens with zero attached hydrogens (tertiary/aromatic N) is 1. The van der Waals surface area contributed by atoms with Crippen molar-refractivity contribution >= 4 is 39.7 Å². The summed E-state index contributed by atoms with van der Waals surface area (Å²) in [5.41, 5.74) is 5.87. The maximum atomic E-state index is 5.87. The average molecular weight is 340 g/mol. The molecule has 0 aromatic carbocycles. The number of hydrogen-bond acceptors (Lipinski definition) is 3. The van der Waals surface area contributed by atoms with Gasteiger partial charge in [0.15, 0.2) is 0 Å². The van der Waals surface area contributed by atoms with Crippen molar-refractivity contribution in [2.24, 2.45) is 11.7 Å². The molecule has 0 spiro atoms. The molecule has 5 heteroatoms. The SMILES string of the molecule is CC1CCN(Cc2cc(Br)cs2)C(CN)C1.Cl. The molecule has 1 fully saturated rings. The first-order valence-electron chi connectivity index (χ1n) is 5.86. The Morgan fingerprint density at radius 1 is 1.59 bits per heavy atom. The summed E-state index contributed by atoms with van der Waals surface area (Å²) in [4.78, 5) is 3.97. The van der Waals surface area contributed by atoms with Crippen molar-refractivity contribution in [3.05, 3.63) is 20.8 Å². The number of likely N-dealkylation sites (tertiary alicyclic amines) is 1. The number of thiophene rings is 1. The van der Waals surface area contributed by atoms with E-state index in [-0.39, 0.29) is 12.4 Å². The van der Waals surface area contributed by atoms with Gasteiger partial charge in [0, 0.05) is 33.9 Å². The summed E-state index contributed by atoms with van der Waals surface area (Å²) in [6.07, 6.45) is 2.56. The molecule has 2 N–H and O–H groups in total. The first-order chi connectivity index (χ1) is 7.69. The van der Waals surface area contributed by atoms with Gasteiger partial charge in [0.1, 0.15) is 0 Å². The van der Waals surface area contributed by atoms with Gasteiger partial charge in [-0.1, -0.05) is 6.92 Å². The maximum absolute atomic E-state index is 5.87. The topological polar surface area (TPSA) is 29.3 Å². The van der Waals surface area contributed by atoms with E-state index in [0.29, 0.717) is 6.04 Å². The highest BCUT2D eigenvalue weighted by Crippen LogP contribution is 2.26. The maximum Gasteiger partial charge on any atom is 0.0331 e. The van der Waals surface area contributed by atoms with Crippen LogP contribution in [0, 0.1) is 5.92 Å². The minimum Gasteiger partial charge on any atom is -0.329 e. The molecule has 2 rings (SSSR count). The Labute approximate surface area is 122 Å². The van der Waals surface area contributed by atoms with Crippen LogP contribution in [0.5, 0.6) is 0 Å². The largest absolute Gasteiger partial charge is 0.329 e.